The summed E-state index contributed by atoms with van der Waals surface area (Å²) in [6.07, 6.45) is 3.23. The van der Waals surface area contributed by atoms with Crippen molar-refractivity contribution in [3.63, 3.8) is 0 Å². The standard InChI is InChI=1S/C15H17N7O.C6H6IN5/c1-3-11(23)20-10-5-4-8(6-9(10)16)13-12-14(17)18-7-19-15(12)22(2)21-13;1-12-6-3(4(7)11-12)5(8)9-2-10-6/h4-7H,3,16H2,1-2H3,(H,20,23)(H2,17,18,19);2H,1H3,(H2,8,9,10). The molecule has 0 bridgehead atoms. The van der Waals surface area contributed by atoms with Crippen LogP contribution in [0.15, 0.2) is 30.9 Å². The van der Waals surface area contributed by atoms with Gasteiger partial charge in [-0.3, -0.25) is 4.79 Å². The maximum atomic E-state index is 11.5. The number of nitrogens with one attached hydrogen (secondary N) is 1. The fourth-order valence-corrected chi connectivity index (χ4v) is 4.28. The first-order valence-electron chi connectivity index (χ1n) is 10.4. The lowest BCUT2D eigenvalue weighted by Gasteiger charge is -2.08. The molecule has 0 fully saturated rings. The van der Waals surface area contributed by atoms with Crippen molar-refractivity contribution < 1.29 is 4.79 Å². The SMILES string of the molecule is CCC(=O)Nc1ccc(-c2nn(C)c3ncnc(N)c23)cc1N.Cn1nc(I)c2c(N)ncnc21. The van der Waals surface area contributed by atoms with Gasteiger partial charge in [0.1, 0.15) is 33.7 Å². The molecule has 4 aromatic heterocycles. The molecule has 0 spiro atoms. The third kappa shape index (κ3) is 4.64. The van der Waals surface area contributed by atoms with E-state index >= 15 is 0 Å². The fraction of sp³-hybridized carbons (Fsp3) is 0.190. The molecule has 14 heteroatoms. The highest BCUT2D eigenvalue weighted by atomic mass is 127. The monoisotopic (exact) mass is 586 g/mol. The Bertz CT molecular complexity index is 1560. The van der Waals surface area contributed by atoms with E-state index in [4.69, 9.17) is 17.2 Å². The van der Waals surface area contributed by atoms with Gasteiger partial charge in [-0.15, -0.1) is 0 Å². The number of nitrogens with two attached hydrogens (primary N) is 3. The molecule has 13 nitrogen and oxygen atoms in total. The van der Waals surface area contributed by atoms with Crippen LogP contribution < -0.4 is 22.5 Å². The topological polar surface area (TPSA) is 194 Å². The van der Waals surface area contributed by atoms with Crippen molar-refractivity contribution in [1.82, 2.24) is 39.5 Å². The van der Waals surface area contributed by atoms with Gasteiger partial charge in [0, 0.05) is 26.1 Å². The van der Waals surface area contributed by atoms with Crippen LogP contribution in [0.4, 0.5) is 23.0 Å². The number of rotatable bonds is 3. The second-order valence-corrected chi connectivity index (χ2v) is 8.53. The van der Waals surface area contributed by atoms with Crippen LogP contribution in [0.1, 0.15) is 13.3 Å². The summed E-state index contributed by atoms with van der Waals surface area (Å²) in [6.45, 7) is 1.78. The van der Waals surface area contributed by atoms with Crippen molar-refractivity contribution in [2.24, 2.45) is 14.1 Å². The minimum absolute atomic E-state index is 0.0922. The van der Waals surface area contributed by atoms with Crippen molar-refractivity contribution in [2.75, 3.05) is 22.5 Å². The number of amides is 1. The largest absolute Gasteiger partial charge is 0.397 e. The van der Waals surface area contributed by atoms with Gasteiger partial charge in [-0.2, -0.15) is 10.2 Å². The van der Waals surface area contributed by atoms with Crippen LogP contribution >= 0.6 is 22.6 Å². The Balaban J connectivity index is 0.000000201. The molecule has 5 aromatic rings. The summed E-state index contributed by atoms with van der Waals surface area (Å²) in [5, 5.41) is 12.9. The van der Waals surface area contributed by atoms with Crippen LogP contribution in [0.5, 0.6) is 0 Å². The van der Waals surface area contributed by atoms with E-state index in [1.165, 1.54) is 12.7 Å². The summed E-state index contributed by atoms with van der Waals surface area (Å²) < 4.78 is 4.17. The molecule has 4 heterocycles. The highest BCUT2D eigenvalue weighted by molar-refractivity contribution is 14.1. The van der Waals surface area contributed by atoms with Crippen LogP contribution in [-0.2, 0) is 18.9 Å². The predicted octanol–water partition coefficient (Wildman–Crippen LogP) is 2.09. The zero-order chi connectivity index (χ0) is 25.3. The second kappa shape index (κ2) is 9.65. The number of carbonyl (C=O) groups excluding carboxylic acids is 1. The van der Waals surface area contributed by atoms with Crippen LogP contribution in [0.25, 0.3) is 33.3 Å². The number of nitrogens with zero attached hydrogens (tertiary/aromatic N) is 8. The molecular formula is C21H23IN12O. The minimum atomic E-state index is -0.0922. The number of aryl methyl sites for hydroxylation is 2. The third-order valence-electron chi connectivity index (χ3n) is 5.18. The van der Waals surface area contributed by atoms with Crippen LogP contribution in [0.3, 0.4) is 0 Å². The van der Waals surface area contributed by atoms with Crippen LogP contribution in [0.2, 0.25) is 0 Å². The molecular weight excluding hydrogens is 563 g/mol. The van der Waals surface area contributed by atoms with E-state index < -0.39 is 0 Å². The molecule has 0 saturated carbocycles. The van der Waals surface area contributed by atoms with E-state index in [-0.39, 0.29) is 5.91 Å². The molecule has 0 atom stereocenters. The van der Waals surface area contributed by atoms with E-state index in [1.807, 2.05) is 13.1 Å². The quantitative estimate of drug-likeness (QED) is 0.180. The van der Waals surface area contributed by atoms with E-state index in [0.29, 0.717) is 46.2 Å². The molecule has 0 aliphatic heterocycles. The summed E-state index contributed by atoms with van der Waals surface area (Å²) in [7, 11) is 3.62. The first-order valence-corrected chi connectivity index (χ1v) is 11.5. The summed E-state index contributed by atoms with van der Waals surface area (Å²) in [4.78, 5) is 27.7. The fourth-order valence-electron chi connectivity index (χ4n) is 3.44. The van der Waals surface area contributed by atoms with Gasteiger partial charge in [-0.25, -0.2) is 29.3 Å². The van der Waals surface area contributed by atoms with Gasteiger partial charge in [0.15, 0.2) is 11.3 Å². The Morgan fingerprint density at radius 1 is 0.943 bits per heavy atom. The van der Waals surface area contributed by atoms with Gasteiger partial charge < -0.3 is 22.5 Å². The Labute approximate surface area is 213 Å². The molecule has 0 saturated heterocycles. The first kappa shape index (κ1) is 24.1. The number of hydrogen-bond donors (Lipinski definition) is 4. The average molecular weight is 586 g/mol. The number of carbonyl (C=O) groups is 1. The van der Waals surface area contributed by atoms with Gasteiger partial charge in [0.2, 0.25) is 5.91 Å². The Morgan fingerprint density at radius 2 is 1.54 bits per heavy atom. The van der Waals surface area contributed by atoms with Crippen LogP contribution in [0, 0.1) is 3.70 Å². The number of fused-ring (bicyclic) bond motifs is 2. The number of nitrogen functional groups attached to an aromatic ring is 3. The number of hydrogen-bond acceptors (Lipinski definition) is 10. The smallest absolute Gasteiger partial charge is 0.224 e. The highest BCUT2D eigenvalue weighted by Gasteiger charge is 2.16. The Morgan fingerprint density at radius 3 is 2.14 bits per heavy atom. The van der Waals surface area contributed by atoms with E-state index in [9.17, 15) is 4.79 Å². The summed E-state index contributed by atoms with van der Waals surface area (Å²) in [5.41, 5.74) is 21.6. The van der Waals surface area contributed by atoms with Gasteiger partial charge in [0.25, 0.3) is 0 Å². The first-order chi connectivity index (χ1) is 16.7. The Hall–Kier alpha value is -4.08. The normalized spacial score (nSPS) is 10.9. The summed E-state index contributed by atoms with van der Waals surface area (Å²) in [6, 6.07) is 5.33. The minimum Gasteiger partial charge on any atom is -0.397 e. The Kier molecular flexibility index (Phi) is 6.63. The molecule has 5 rings (SSSR count). The molecule has 180 valence electrons. The molecule has 35 heavy (non-hydrogen) atoms. The van der Waals surface area contributed by atoms with E-state index in [1.54, 1.807) is 35.5 Å². The molecule has 1 aromatic carbocycles. The lowest BCUT2D eigenvalue weighted by Crippen LogP contribution is -2.11. The zero-order valence-corrected chi connectivity index (χ0v) is 21.3. The molecule has 0 aliphatic carbocycles. The molecule has 7 N–H and O–H groups in total. The van der Waals surface area contributed by atoms with Crippen molar-refractivity contribution in [3.8, 4) is 11.3 Å². The number of aromatic nitrogens is 8. The molecule has 0 unspecified atom stereocenters. The number of benzene rings is 1. The molecule has 1 amide bonds. The van der Waals surface area contributed by atoms with Crippen molar-refractivity contribution in [3.05, 3.63) is 34.6 Å². The summed E-state index contributed by atoms with van der Waals surface area (Å²) >= 11 is 2.11. The maximum absolute atomic E-state index is 11.5. The van der Waals surface area contributed by atoms with Crippen molar-refractivity contribution >= 4 is 73.6 Å². The molecule has 0 radical (unpaired) electrons. The van der Waals surface area contributed by atoms with Crippen LogP contribution in [-0.4, -0.2) is 45.4 Å². The predicted molar refractivity (Wildman–Crippen MR) is 143 cm³/mol. The van der Waals surface area contributed by atoms with E-state index in [2.05, 4.69) is 58.0 Å². The van der Waals surface area contributed by atoms with Gasteiger partial charge >= 0.3 is 0 Å². The molecule has 0 aliphatic rings. The lowest BCUT2D eigenvalue weighted by molar-refractivity contribution is -0.115. The number of anilines is 4. The highest BCUT2D eigenvalue weighted by Crippen LogP contribution is 2.32. The zero-order valence-electron chi connectivity index (χ0n) is 19.2. The van der Waals surface area contributed by atoms with E-state index in [0.717, 1.165) is 20.3 Å². The second-order valence-electron chi connectivity index (χ2n) is 7.51. The van der Waals surface area contributed by atoms with Gasteiger partial charge in [-0.1, -0.05) is 13.0 Å². The summed E-state index contributed by atoms with van der Waals surface area (Å²) in [5.74, 6) is 0.753. The maximum Gasteiger partial charge on any atom is 0.224 e. The van der Waals surface area contributed by atoms with Gasteiger partial charge in [-0.05, 0) is 34.7 Å². The van der Waals surface area contributed by atoms with Crippen molar-refractivity contribution in [2.45, 2.75) is 13.3 Å². The average Bonchev–Trinajstić information content (AvgIpc) is 3.33. The van der Waals surface area contributed by atoms with Gasteiger partial charge in [0.05, 0.1) is 22.1 Å². The van der Waals surface area contributed by atoms with Crippen molar-refractivity contribution in [1.29, 1.82) is 0 Å². The lowest BCUT2D eigenvalue weighted by atomic mass is 10.1. The third-order valence-corrected chi connectivity index (χ3v) is 5.93. The number of halogens is 1.